The number of aromatic nitrogens is 1. The maximum absolute atomic E-state index is 12.0. The number of carboxylic acids is 1. The zero-order chi connectivity index (χ0) is 12.3. The van der Waals surface area contributed by atoms with Crippen molar-refractivity contribution in [2.45, 2.75) is 0 Å². The third kappa shape index (κ3) is 2.20. The maximum Gasteiger partial charge on any atom is 0.195 e. The molecular weight excluding hydrogens is 218 g/mol. The molecule has 0 spiro atoms. The molecule has 17 heavy (non-hydrogen) atoms. The summed E-state index contributed by atoms with van der Waals surface area (Å²) in [5, 5.41) is 10.8. The van der Waals surface area contributed by atoms with E-state index >= 15 is 0 Å². The zero-order valence-corrected chi connectivity index (χ0v) is 8.79. The number of carbonyl (C=O) groups excluding carboxylic acids is 2. The van der Waals surface area contributed by atoms with Crippen LogP contribution in [0, 0.1) is 0 Å². The predicted octanol–water partition coefficient (Wildman–Crippen LogP) is 0.676. The first-order chi connectivity index (χ1) is 8.20. The van der Waals surface area contributed by atoms with Gasteiger partial charge in [-0.3, -0.25) is 9.78 Å². The highest BCUT2D eigenvalue weighted by Crippen LogP contribution is 2.12. The molecule has 0 aliphatic carbocycles. The van der Waals surface area contributed by atoms with E-state index < -0.39 is 5.97 Å². The molecule has 0 saturated carbocycles. The molecule has 0 atom stereocenters. The molecule has 1 heterocycles. The molecule has 0 amide bonds. The molecule has 0 aliphatic rings. The SMILES string of the molecule is O=C(c1ccccc1)c1cccnc1C(=O)[O-]. The second kappa shape index (κ2) is 4.57. The molecule has 0 fully saturated rings. The number of hydrogen-bond acceptors (Lipinski definition) is 4. The Bertz CT molecular complexity index is 564. The highest BCUT2D eigenvalue weighted by atomic mass is 16.4. The van der Waals surface area contributed by atoms with Crippen molar-refractivity contribution in [1.82, 2.24) is 4.98 Å². The lowest BCUT2D eigenvalue weighted by Crippen LogP contribution is -2.26. The summed E-state index contributed by atoms with van der Waals surface area (Å²) in [5.41, 5.74) is 0.128. The average molecular weight is 226 g/mol. The van der Waals surface area contributed by atoms with Crippen molar-refractivity contribution in [1.29, 1.82) is 0 Å². The van der Waals surface area contributed by atoms with Gasteiger partial charge in [-0.2, -0.15) is 0 Å². The molecule has 84 valence electrons. The van der Waals surface area contributed by atoms with E-state index in [1.165, 1.54) is 18.3 Å². The van der Waals surface area contributed by atoms with Crippen LogP contribution in [0.25, 0.3) is 0 Å². The largest absolute Gasteiger partial charge is 0.543 e. The molecular formula is C13H8NO3-. The van der Waals surface area contributed by atoms with Crippen LogP contribution in [0.5, 0.6) is 0 Å². The number of carbonyl (C=O) groups is 2. The van der Waals surface area contributed by atoms with Gasteiger partial charge in [0.2, 0.25) is 0 Å². The second-order valence-electron chi connectivity index (χ2n) is 3.38. The van der Waals surface area contributed by atoms with Crippen LogP contribution >= 0.6 is 0 Å². The van der Waals surface area contributed by atoms with Gasteiger partial charge in [-0.05, 0) is 12.1 Å². The minimum atomic E-state index is -1.45. The summed E-state index contributed by atoms with van der Waals surface area (Å²) in [6.07, 6.45) is 1.31. The lowest BCUT2D eigenvalue weighted by atomic mass is 10.0. The molecule has 1 aromatic carbocycles. The van der Waals surface area contributed by atoms with Gasteiger partial charge in [-0.1, -0.05) is 30.3 Å². The van der Waals surface area contributed by atoms with Gasteiger partial charge in [-0.25, -0.2) is 0 Å². The number of pyridine rings is 1. The van der Waals surface area contributed by atoms with Gasteiger partial charge in [0.05, 0.1) is 17.2 Å². The summed E-state index contributed by atoms with van der Waals surface area (Å²) in [7, 11) is 0. The number of aromatic carboxylic acids is 1. The van der Waals surface area contributed by atoms with Gasteiger partial charge in [0, 0.05) is 11.8 Å². The van der Waals surface area contributed by atoms with Crippen molar-refractivity contribution < 1.29 is 14.7 Å². The predicted molar refractivity (Wildman–Crippen MR) is 58.4 cm³/mol. The van der Waals surface area contributed by atoms with E-state index in [1.807, 2.05) is 0 Å². The fourth-order valence-electron chi connectivity index (χ4n) is 1.50. The molecule has 0 saturated heterocycles. The first-order valence-corrected chi connectivity index (χ1v) is 4.96. The van der Waals surface area contributed by atoms with Crippen molar-refractivity contribution in [2.75, 3.05) is 0 Å². The van der Waals surface area contributed by atoms with Gasteiger partial charge < -0.3 is 9.90 Å². The molecule has 2 rings (SSSR count). The van der Waals surface area contributed by atoms with E-state index in [4.69, 9.17) is 0 Å². The summed E-state index contributed by atoms with van der Waals surface area (Å²) in [5.74, 6) is -1.83. The normalized spacial score (nSPS) is 9.88. The van der Waals surface area contributed by atoms with E-state index in [9.17, 15) is 14.7 Å². The first-order valence-electron chi connectivity index (χ1n) is 4.96. The lowest BCUT2D eigenvalue weighted by Gasteiger charge is -2.07. The van der Waals surface area contributed by atoms with Crippen LogP contribution < -0.4 is 5.11 Å². The molecule has 0 N–H and O–H groups in total. The van der Waals surface area contributed by atoms with Crippen LogP contribution in [0.15, 0.2) is 48.7 Å². The number of benzene rings is 1. The Morgan fingerprint density at radius 2 is 1.71 bits per heavy atom. The number of hydrogen-bond donors (Lipinski definition) is 0. The number of carboxylic acid groups (broad SMARTS) is 1. The van der Waals surface area contributed by atoms with Crippen LogP contribution in [-0.4, -0.2) is 16.7 Å². The van der Waals surface area contributed by atoms with Crippen LogP contribution in [0.1, 0.15) is 26.4 Å². The fourth-order valence-corrected chi connectivity index (χ4v) is 1.50. The molecule has 0 aliphatic heterocycles. The molecule has 2 aromatic rings. The first kappa shape index (κ1) is 11.0. The third-order valence-electron chi connectivity index (χ3n) is 2.28. The highest BCUT2D eigenvalue weighted by molar-refractivity contribution is 6.13. The minimum absolute atomic E-state index is 0.0405. The molecule has 0 unspecified atom stereocenters. The Balaban J connectivity index is 2.48. The topological polar surface area (TPSA) is 70.1 Å². The maximum atomic E-state index is 12.0. The van der Waals surface area contributed by atoms with Crippen LogP contribution in [0.4, 0.5) is 0 Å². The smallest absolute Gasteiger partial charge is 0.195 e. The van der Waals surface area contributed by atoms with Crippen molar-refractivity contribution in [2.24, 2.45) is 0 Å². The molecule has 0 bridgehead atoms. The van der Waals surface area contributed by atoms with Gasteiger partial charge in [0.1, 0.15) is 0 Å². The fraction of sp³-hybridized carbons (Fsp3) is 0. The van der Waals surface area contributed by atoms with Gasteiger partial charge in [-0.15, -0.1) is 0 Å². The van der Waals surface area contributed by atoms with E-state index in [2.05, 4.69) is 4.98 Å². The number of nitrogens with zero attached hydrogens (tertiary/aromatic N) is 1. The Kier molecular flexibility index (Phi) is 2.96. The average Bonchev–Trinajstić information content (AvgIpc) is 2.39. The van der Waals surface area contributed by atoms with Crippen LogP contribution in [0.3, 0.4) is 0 Å². The van der Waals surface area contributed by atoms with Crippen molar-refractivity contribution >= 4 is 11.8 Å². The zero-order valence-electron chi connectivity index (χ0n) is 8.79. The molecule has 4 nitrogen and oxygen atoms in total. The third-order valence-corrected chi connectivity index (χ3v) is 2.28. The Hall–Kier alpha value is -2.49. The van der Waals surface area contributed by atoms with Gasteiger partial charge in [0.25, 0.3) is 0 Å². The highest BCUT2D eigenvalue weighted by Gasteiger charge is 2.14. The summed E-state index contributed by atoms with van der Waals surface area (Å²) in [6, 6.07) is 11.4. The number of rotatable bonds is 3. The van der Waals surface area contributed by atoms with Crippen molar-refractivity contribution in [3.05, 3.63) is 65.5 Å². The Labute approximate surface area is 97.6 Å². The van der Waals surface area contributed by atoms with E-state index in [-0.39, 0.29) is 17.0 Å². The monoisotopic (exact) mass is 226 g/mol. The molecule has 4 heteroatoms. The molecule has 0 radical (unpaired) electrons. The quantitative estimate of drug-likeness (QED) is 0.721. The van der Waals surface area contributed by atoms with Gasteiger partial charge in [0.15, 0.2) is 5.78 Å². The van der Waals surface area contributed by atoms with E-state index in [0.717, 1.165) is 0 Å². The van der Waals surface area contributed by atoms with Gasteiger partial charge >= 0.3 is 0 Å². The Morgan fingerprint density at radius 3 is 2.35 bits per heavy atom. The van der Waals surface area contributed by atoms with Crippen molar-refractivity contribution in [3.8, 4) is 0 Å². The minimum Gasteiger partial charge on any atom is -0.543 e. The summed E-state index contributed by atoms with van der Waals surface area (Å²) < 4.78 is 0. The van der Waals surface area contributed by atoms with Crippen LogP contribution in [-0.2, 0) is 0 Å². The van der Waals surface area contributed by atoms with E-state index in [1.54, 1.807) is 30.3 Å². The lowest BCUT2D eigenvalue weighted by molar-refractivity contribution is -0.255. The summed E-state index contributed by atoms with van der Waals surface area (Å²) >= 11 is 0. The summed E-state index contributed by atoms with van der Waals surface area (Å²) in [4.78, 5) is 26.5. The van der Waals surface area contributed by atoms with Crippen molar-refractivity contribution in [3.63, 3.8) is 0 Å². The summed E-state index contributed by atoms with van der Waals surface area (Å²) in [6.45, 7) is 0. The standard InChI is InChI=1S/C13H9NO3/c15-12(9-5-2-1-3-6-9)10-7-4-8-14-11(10)13(16)17/h1-8H,(H,16,17)/p-1. The van der Waals surface area contributed by atoms with E-state index in [0.29, 0.717) is 5.56 Å². The Morgan fingerprint density at radius 1 is 1.00 bits per heavy atom. The molecule has 1 aromatic heterocycles. The number of ketones is 1. The second-order valence-corrected chi connectivity index (χ2v) is 3.38. The van der Waals surface area contributed by atoms with Crippen LogP contribution in [0.2, 0.25) is 0 Å².